The molecule has 0 saturated carbocycles. The van der Waals surface area contributed by atoms with Gasteiger partial charge in [0.25, 0.3) is 5.56 Å². The van der Waals surface area contributed by atoms with Crippen molar-refractivity contribution in [3.63, 3.8) is 0 Å². The van der Waals surface area contributed by atoms with Crippen LogP contribution in [0.3, 0.4) is 0 Å². The van der Waals surface area contributed by atoms with E-state index in [9.17, 15) is 14.4 Å². The topological polar surface area (TPSA) is 137 Å². The number of H-pyrrole nitrogens is 1. The standard InChI is InChI=1S/C45H58N2O10Si/c1-32-30-47(42(49)46-41(32)48)40-29-38(57-43(50)53-27-15-10-9-11-16-28-55-58(7,8)44(2,3)4)39(56-40)31-54-45(33-17-13-12-14-18-33,34-19-23-36(51-5)24-20-34)35-21-25-37(52-6)26-22-35/h10,12-15,17-26,30,38-40H,9,11,16,27-29,31H2,1-8H3,(H,46,48,49)/b15-10+/t38-,39+,40+/m0/s1. The first kappa shape index (κ1) is 44.2. The number of nitrogens with one attached hydrogen (secondary N) is 1. The van der Waals surface area contributed by atoms with Crippen molar-refractivity contribution in [2.75, 3.05) is 34.0 Å². The maximum atomic E-state index is 13.2. The lowest BCUT2D eigenvalue weighted by atomic mass is 9.80. The smallest absolute Gasteiger partial charge is 0.497 e. The molecule has 12 nitrogen and oxygen atoms in total. The normalized spacial score (nSPS) is 17.3. The summed E-state index contributed by atoms with van der Waals surface area (Å²) in [5.74, 6) is 1.36. The van der Waals surface area contributed by atoms with Crippen LogP contribution in [-0.4, -0.2) is 70.3 Å². The zero-order valence-electron chi connectivity index (χ0n) is 34.9. The minimum Gasteiger partial charge on any atom is -0.497 e. The van der Waals surface area contributed by atoms with Gasteiger partial charge in [-0.3, -0.25) is 14.3 Å². The van der Waals surface area contributed by atoms with Crippen LogP contribution < -0.4 is 20.7 Å². The number of carbonyl (C=O) groups excluding carboxylic acids is 1. The number of methoxy groups -OCH3 is 2. The summed E-state index contributed by atoms with van der Waals surface area (Å²) < 4.78 is 43.4. The Labute approximate surface area is 342 Å². The zero-order chi connectivity index (χ0) is 41.9. The molecule has 1 aliphatic rings. The van der Waals surface area contributed by atoms with E-state index < -0.39 is 49.8 Å². The largest absolute Gasteiger partial charge is 0.508 e. The number of hydrogen-bond acceptors (Lipinski definition) is 10. The Bertz CT molecular complexity index is 2020. The summed E-state index contributed by atoms with van der Waals surface area (Å²) in [5, 5.41) is 0.178. The summed E-state index contributed by atoms with van der Waals surface area (Å²) in [6.07, 6.45) is 4.59. The average Bonchev–Trinajstić information content (AvgIpc) is 3.60. The van der Waals surface area contributed by atoms with Gasteiger partial charge in [-0.1, -0.05) is 87.5 Å². The van der Waals surface area contributed by atoms with Crippen LogP contribution in [0.2, 0.25) is 18.1 Å². The number of ether oxygens (including phenoxy) is 6. The van der Waals surface area contributed by atoms with Crippen LogP contribution in [0.15, 0.2) is 107 Å². The van der Waals surface area contributed by atoms with E-state index in [4.69, 9.17) is 32.8 Å². The van der Waals surface area contributed by atoms with Crippen LogP contribution in [0, 0.1) is 6.92 Å². The van der Waals surface area contributed by atoms with E-state index >= 15 is 0 Å². The predicted molar refractivity (Wildman–Crippen MR) is 225 cm³/mol. The van der Waals surface area contributed by atoms with Gasteiger partial charge in [0.15, 0.2) is 8.32 Å². The number of carbonyl (C=O) groups is 1. The molecule has 1 fully saturated rings. The molecule has 3 aromatic carbocycles. The van der Waals surface area contributed by atoms with Crippen LogP contribution in [0.1, 0.15) is 74.9 Å². The van der Waals surface area contributed by atoms with Crippen molar-refractivity contribution in [2.45, 2.75) is 95.5 Å². The van der Waals surface area contributed by atoms with Crippen LogP contribution in [0.5, 0.6) is 11.5 Å². The van der Waals surface area contributed by atoms with Gasteiger partial charge in [0.2, 0.25) is 0 Å². The molecule has 1 aromatic heterocycles. The molecule has 312 valence electrons. The highest BCUT2D eigenvalue weighted by molar-refractivity contribution is 6.74. The highest BCUT2D eigenvalue weighted by Gasteiger charge is 2.44. The molecule has 0 spiro atoms. The van der Waals surface area contributed by atoms with Crippen molar-refractivity contribution in [3.05, 3.63) is 140 Å². The second-order valence-corrected chi connectivity index (χ2v) is 20.8. The van der Waals surface area contributed by atoms with E-state index in [1.54, 1.807) is 27.2 Å². The molecule has 0 bridgehead atoms. The lowest BCUT2D eigenvalue weighted by Crippen LogP contribution is -2.40. The molecule has 0 aliphatic carbocycles. The summed E-state index contributed by atoms with van der Waals surface area (Å²) in [4.78, 5) is 40.7. The third-order valence-electron chi connectivity index (χ3n) is 11.0. The molecule has 1 N–H and O–H groups in total. The van der Waals surface area contributed by atoms with Gasteiger partial charge in [0, 0.05) is 24.8 Å². The Balaban J connectivity index is 1.35. The van der Waals surface area contributed by atoms with Gasteiger partial charge in [-0.15, -0.1) is 0 Å². The van der Waals surface area contributed by atoms with Gasteiger partial charge in [0.05, 0.1) is 20.8 Å². The molecule has 13 heteroatoms. The minimum atomic E-state index is -1.76. The van der Waals surface area contributed by atoms with E-state index in [1.807, 2.05) is 84.9 Å². The monoisotopic (exact) mass is 814 g/mol. The first-order valence-electron chi connectivity index (χ1n) is 19.8. The molecule has 1 aliphatic heterocycles. The minimum absolute atomic E-state index is 0.0299. The number of unbranched alkanes of at least 4 members (excludes halogenated alkanes) is 2. The van der Waals surface area contributed by atoms with E-state index in [-0.39, 0.29) is 24.7 Å². The SMILES string of the molecule is COc1ccc(C(OC[C@H]2O[C@@H](n3cc(C)c(=O)[nH]c3=O)C[C@@H]2OC(=O)OC/C=C/CCCCO[Si](C)(C)C(C)(C)C)(c2ccccc2)c2ccc(OC)cc2)cc1. The lowest BCUT2D eigenvalue weighted by Gasteiger charge is -2.37. The van der Waals surface area contributed by atoms with E-state index in [0.717, 1.165) is 42.6 Å². The molecule has 0 radical (unpaired) electrons. The van der Waals surface area contributed by atoms with Gasteiger partial charge >= 0.3 is 11.8 Å². The van der Waals surface area contributed by atoms with Crippen LogP contribution in [-0.2, 0) is 29.0 Å². The Kier molecular flexibility index (Phi) is 15.0. The Hall–Kier alpha value is -4.95. The maximum absolute atomic E-state index is 13.2. The number of benzene rings is 3. The molecule has 58 heavy (non-hydrogen) atoms. The highest BCUT2D eigenvalue weighted by atomic mass is 28.4. The maximum Gasteiger partial charge on any atom is 0.508 e. The fourth-order valence-corrected chi connectivity index (χ4v) is 7.68. The fraction of sp³-hybridized carbons (Fsp3) is 0.444. The Morgan fingerprint density at radius 1 is 0.879 bits per heavy atom. The molecule has 0 unspecified atom stereocenters. The number of aryl methyl sites for hydroxylation is 1. The van der Waals surface area contributed by atoms with Crippen molar-refractivity contribution < 1.29 is 37.6 Å². The van der Waals surface area contributed by atoms with Crippen molar-refractivity contribution in [2.24, 2.45) is 0 Å². The van der Waals surface area contributed by atoms with Crippen molar-refractivity contribution in [3.8, 4) is 11.5 Å². The van der Waals surface area contributed by atoms with Crippen LogP contribution in [0.25, 0.3) is 0 Å². The molecule has 4 aromatic rings. The molecule has 5 rings (SSSR count). The number of allylic oxidation sites excluding steroid dienone is 1. The Morgan fingerprint density at radius 2 is 1.48 bits per heavy atom. The number of nitrogens with zero attached hydrogens (tertiary/aromatic N) is 1. The van der Waals surface area contributed by atoms with Gasteiger partial charge in [-0.05, 0) is 85.3 Å². The van der Waals surface area contributed by atoms with Crippen LogP contribution >= 0.6 is 0 Å². The summed E-state index contributed by atoms with van der Waals surface area (Å²) in [6.45, 7) is 13.5. The van der Waals surface area contributed by atoms with Crippen molar-refractivity contribution >= 4 is 14.5 Å². The zero-order valence-corrected chi connectivity index (χ0v) is 35.9. The summed E-state index contributed by atoms with van der Waals surface area (Å²) in [7, 11) is 1.45. The second kappa shape index (κ2) is 19.7. The number of hydrogen-bond donors (Lipinski definition) is 1. The molecular formula is C45H58N2O10Si. The highest BCUT2D eigenvalue weighted by Crippen LogP contribution is 2.43. The number of aromatic amines is 1. The number of rotatable bonds is 18. The lowest BCUT2D eigenvalue weighted by molar-refractivity contribution is -0.0993. The molecule has 0 amide bonds. The second-order valence-electron chi connectivity index (χ2n) is 16.0. The quantitative estimate of drug-likeness (QED) is 0.0343. The predicted octanol–water partition coefficient (Wildman–Crippen LogP) is 8.43. The molecule has 1 saturated heterocycles. The summed E-state index contributed by atoms with van der Waals surface area (Å²) >= 11 is 0. The van der Waals surface area contributed by atoms with Gasteiger partial charge in [0.1, 0.15) is 42.1 Å². The van der Waals surface area contributed by atoms with Crippen molar-refractivity contribution in [1.29, 1.82) is 0 Å². The van der Waals surface area contributed by atoms with Crippen molar-refractivity contribution in [1.82, 2.24) is 9.55 Å². The van der Waals surface area contributed by atoms with E-state index in [1.165, 1.54) is 10.8 Å². The third kappa shape index (κ3) is 10.8. The van der Waals surface area contributed by atoms with Crippen LogP contribution in [0.4, 0.5) is 4.79 Å². The van der Waals surface area contributed by atoms with Gasteiger partial charge in [-0.25, -0.2) is 9.59 Å². The van der Waals surface area contributed by atoms with Gasteiger partial charge in [-0.2, -0.15) is 0 Å². The van der Waals surface area contributed by atoms with Gasteiger partial charge < -0.3 is 32.8 Å². The fourth-order valence-electron chi connectivity index (χ4n) is 6.59. The summed E-state index contributed by atoms with van der Waals surface area (Å²) in [6, 6.07) is 25.0. The third-order valence-corrected chi connectivity index (χ3v) is 15.6. The summed E-state index contributed by atoms with van der Waals surface area (Å²) in [5.41, 5.74) is 0.456. The van der Waals surface area contributed by atoms with E-state index in [2.05, 4.69) is 38.8 Å². The van der Waals surface area contributed by atoms with E-state index in [0.29, 0.717) is 17.1 Å². The Morgan fingerprint density at radius 3 is 2.07 bits per heavy atom. The number of aromatic nitrogens is 2. The molecular weight excluding hydrogens is 757 g/mol. The molecule has 2 heterocycles. The first-order valence-corrected chi connectivity index (χ1v) is 22.7. The first-order chi connectivity index (χ1) is 27.7. The molecule has 3 atom stereocenters. The average molecular weight is 815 g/mol.